The van der Waals surface area contributed by atoms with Gasteiger partial charge >= 0.3 is 0 Å². The van der Waals surface area contributed by atoms with Gasteiger partial charge in [0.05, 0.1) is 17.4 Å². The van der Waals surface area contributed by atoms with E-state index in [0.29, 0.717) is 38.6 Å². The maximum atomic E-state index is 13.4. The van der Waals surface area contributed by atoms with Gasteiger partial charge < -0.3 is 4.74 Å². The van der Waals surface area contributed by atoms with Gasteiger partial charge in [-0.1, -0.05) is 29.3 Å². The minimum absolute atomic E-state index is 0.299. The maximum absolute atomic E-state index is 13.4. The number of methoxy groups -OCH3 is 1. The summed E-state index contributed by atoms with van der Waals surface area (Å²) in [5, 5.41) is 0.629. The highest BCUT2D eigenvalue weighted by molar-refractivity contribution is 8.01. The van der Waals surface area contributed by atoms with Gasteiger partial charge in [0, 0.05) is 22.3 Å². The second kappa shape index (κ2) is 7.60. The quantitative estimate of drug-likeness (QED) is 0.678. The summed E-state index contributed by atoms with van der Waals surface area (Å²) in [6.45, 7) is 4.10. The number of rotatable bonds is 4. The highest BCUT2D eigenvalue weighted by atomic mass is 35.5. The van der Waals surface area contributed by atoms with Crippen LogP contribution in [0.1, 0.15) is 22.1 Å². The topological polar surface area (TPSA) is 46.6 Å². The third kappa shape index (κ3) is 3.45. The van der Waals surface area contributed by atoms with E-state index >= 15 is 0 Å². The van der Waals surface area contributed by atoms with Crippen molar-refractivity contribution in [1.82, 2.24) is 4.31 Å². The lowest BCUT2D eigenvalue weighted by atomic mass is 10.1. The summed E-state index contributed by atoms with van der Waals surface area (Å²) in [6.07, 6.45) is 0. The monoisotopic (exact) mass is 431 g/mol. The number of sulfonamides is 1. The van der Waals surface area contributed by atoms with Crippen molar-refractivity contribution in [1.29, 1.82) is 0 Å². The molecule has 1 heterocycles. The zero-order chi connectivity index (χ0) is 19.1. The van der Waals surface area contributed by atoms with Crippen LogP contribution in [0.15, 0.2) is 35.2 Å². The Morgan fingerprint density at radius 3 is 2.54 bits per heavy atom. The number of thioether (sulfide) groups is 1. The summed E-state index contributed by atoms with van der Waals surface area (Å²) in [5.41, 5.74) is 2.27. The molecule has 2 aromatic rings. The van der Waals surface area contributed by atoms with Gasteiger partial charge in [0.1, 0.15) is 5.75 Å². The fraction of sp³-hybridized carbons (Fsp3) is 0.333. The largest absolute Gasteiger partial charge is 0.496 e. The Balaban J connectivity index is 2.05. The second-order valence-corrected chi connectivity index (χ2v) is 9.91. The molecule has 0 aliphatic carbocycles. The van der Waals surface area contributed by atoms with Crippen LogP contribution in [0.25, 0.3) is 0 Å². The van der Waals surface area contributed by atoms with Crippen molar-refractivity contribution in [3.63, 3.8) is 0 Å². The summed E-state index contributed by atoms with van der Waals surface area (Å²) >= 11 is 13.9. The predicted octanol–water partition coefficient (Wildman–Crippen LogP) is 5.06. The molecule has 1 atom stereocenters. The lowest BCUT2D eigenvalue weighted by Gasteiger charge is -2.25. The van der Waals surface area contributed by atoms with Gasteiger partial charge in [-0.05, 0) is 54.8 Å². The number of hydrogen-bond acceptors (Lipinski definition) is 4. The molecule has 0 radical (unpaired) electrons. The first-order chi connectivity index (χ1) is 12.3. The van der Waals surface area contributed by atoms with Crippen molar-refractivity contribution >= 4 is 45.0 Å². The molecule has 3 rings (SSSR count). The van der Waals surface area contributed by atoms with Crippen LogP contribution in [0.2, 0.25) is 10.0 Å². The van der Waals surface area contributed by atoms with Crippen molar-refractivity contribution < 1.29 is 13.2 Å². The van der Waals surface area contributed by atoms with E-state index < -0.39 is 10.0 Å². The average Bonchev–Trinajstić information content (AvgIpc) is 3.07. The standard InChI is InChI=1S/C18H19Cl2NO3S2/c1-11-12(2)17(7-6-16(11)24-3)26(22,23)21-8-9-25-18(21)14-5-4-13(19)10-15(14)20/h4-7,10,18H,8-9H2,1-3H3. The summed E-state index contributed by atoms with van der Waals surface area (Å²) in [7, 11) is -2.10. The predicted molar refractivity (Wildman–Crippen MR) is 108 cm³/mol. The van der Waals surface area contributed by atoms with Crippen molar-refractivity contribution in [3.05, 3.63) is 57.1 Å². The zero-order valence-electron chi connectivity index (χ0n) is 14.6. The average molecular weight is 432 g/mol. The maximum Gasteiger partial charge on any atom is 0.244 e. The molecule has 0 amide bonds. The fourth-order valence-electron chi connectivity index (χ4n) is 3.05. The first-order valence-corrected chi connectivity index (χ1v) is 11.2. The van der Waals surface area contributed by atoms with E-state index in [9.17, 15) is 8.42 Å². The number of benzene rings is 2. The zero-order valence-corrected chi connectivity index (χ0v) is 17.8. The second-order valence-electron chi connectivity index (χ2n) is 6.02. The van der Waals surface area contributed by atoms with E-state index in [2.05, 4.69) is 0 Å². The van der Waals surface area contributed by atoms with E-state index in [-0.39, 0.29) is 5.37 Å². The van der Waals surface area contributed by atoms with Crippen LogP contribution < -0.4 is 4.74 Å². The molecule has 0 aromatic heterocycles. The Hall–Kier alpha value is -0.920. The minimum atomic E-state index is -3.68. The first kappa shape index (κ1) is 19.8. The third-order valence-electron chi connectivity index (χ3n) is 4.57. The molecule has 26 heavy (non-hydrogen) atoms. The van der Waals surface area contributed by atoms with Crippen LogP contribution in [-0.4, -0.2) is 32.1 Å². The molecule has 0 spiro atoms. The summed E-state index contributed by atoms with van der Waals surface area (Å²) in [5.74, 6) is 1.38. The number of hydrogen-bond donors (Lipinski definition) is 0. The summed E-state index contributed by atoms with van der Waals surface area (Å²) < 4.78 is 33.6. The molecule has 1 unspecified atom stereocenters. The molecule has 2 aromatic carbocycles. The number of ether oxygens (including phenoxy) is 1. The van der Waals surface area contributed by atoms with Gasteiger partial charge in [0.15, 0.2) is 0 Å². The van der Waals surface area contributed by atoms with E-state index in [1.807, 2.05) is 6.92 Å². The Morgan fingerprint density at radius 1 is 1.15 bits per heavy atom. The highest BCUT2D eigenvalue weighted by Crippen LogP contribution is 2.45. The van der Waals surface area contributed by atoms with Crippen LogP contribution in [0.3, 0.4) is 0 Å². The first-order valence-electron chi connectivity index (χ1n) is 8.00. The minimum Gasteiger partial charge on any atom is -0.496 e. The Labute approximate surface area is 168 Å². The van der Waals surface area contributed by atoms with Crippen LogP contribution in [-0.2, 0) is 10.0 Å². The lowest BCUT2D eigenvalue weighted by molar-refractivity contribution is 0.410. The molecule has 1 saturated heterocycles. The Bertz CT molecular complexity index is 948. The molecule has 140 valence electrons. The Morgan fingerprint density at radius 2 is 1.88 bits per heavy atom. The summed E-state index contributed by atoms with van der Waals surface area (Å²) in [4.78, 5) is 0.299. The van der Waals surface area contributed by atoms with E-state index in [1.54, 1.807) is 56.1 Å². The molecule has 0 saturated carbocycles. The van der Waals surface area contributed by atoms with Crippen molar-refractivity contribution in [2.75, 3.05) is 19.4 Å². The molecule has 4 nitrogen and oxygen atoms in total. The molecule has 1 aliphatic rings. The third-order valence-corrected chi connectivity index (χ3v) is 8.52. The number of nitrogens with zero attached hydrogens (tertiary/aromatic N) is 1. The van der Waals surface area contributed by atoms with Gasteiger partial charge in [-0.25, -0.2) is 8.42 Å². The normalized spacial score (nSPS) is 18.3. The van der Waals surface area contributed by atoms with Crippen molar-refractivity contribution in [2.24, 2.45) is 0 Å². The SMILES string of the molecule is COc1ccc(S(=O)(=O)N2CCSC2c2ccc(Cl)cc2Cl)c(C)c1C. The summed E-state index contributed by atoms with van der Waals surface area (Å²) in [6, 6.07) is 8.48. The van der Waals surface area contributed by atoms with Crippen LogP contribution in [0.4, 0.5) is 0 Å². The Kier molecular flexibility index (Phi) is 5.80. The van der Waals surface area contributed by atoms with E-state index in [4.69, 9.17) is 27.9 Å². The van der Waals surface area contributed by atoms with Gasteiger partial charge in [0.25, 0.3) is 0 Å². The van der Waals surface area contributed by atoms with Crippen LogP contribution in [0, 0.1) is 13.8 Å². The highest BCUT2D eigenvalue weighted by Gasteiger charge is 2.38. The van der Waals surface area contributed by atoms with Crippen LogP contribution >= 0.6 is 35.0 Å². The van der Waals surface area contributed by atoms with E-state index in [1.165, 1.54) is 4.31 Å². The molecular formula is C18H19Cl2NO3S2. The molecule has 1 fully saturated rings. The van der Waals surface area contributed by atoms with Crippen molar-refractivity contribution in [3.8, 4) is 5.75 Å². The molecule has 8 heteroatoms. The van der Waals surface area contributed by atoms with Crippen LogP contribution in [0.5, 0.6) is 5.75 Å². The van der Waals surface area contributed by atoms with Gasteiger partial charge in [0.2, 0.25) is 10.0 Å². The lowest BCUT2D eigenvalue weighted by Crippen LogP contribution is -2.31. The number of halogens is 2. The smallest absolute Gasteiger partial charge is 0.244 e. The molecular weight excluding hydrogens is 413 g/mol. The van der Waals surface area contributed by atoms with Gasteiger partial charge in [-0.3, -0.25) is 0 Å². The fourth-order valence-corrected chi connectivity index (χ4v) is 7.17. The van der Waals surface area contributed by atoms with E-state index in [0.717, 1.165) is 11.1 Å². The molecule has 0 bridgehead atoms. The molecule has 0 N–H and O–H groups in total. The van der Waals surface area contributed by atoms with Gasteiger partial charge in [-0.2, -0.15) is 4.31 Å². The molecule has 1 aliphatic heterocycles. The van der Waals surface area contributed by atoms with Crippen molar-refractivity contribution in [2.45, 2.75) is 24.1 Å². The van der Waals surface area contributed by atoms with Gasteiger partial charge in [-0.15, -0.1) is 11.8 Å².